The molecule has 0 bridgehead atoms. The van der Waals surface area contributed by atoms with E-state index < -0.39 is 0 Å². The molecule has 4 heteroatoms. The van der Waals surface area contributed by atoms with E-state index >= 15 is 0 Å². The lowest BCUT2D eigenvalue weighted by Gasteiger charge is -2.02. The Hall–Kier alpha value is -1.48. The molecule has 0 radical (unpaired) electrons. The van der Waals surface area contributed by atoms with Gasteiger partial charge in [0.1, 0.15) is 0 Å². The minimum atomic E-state index is 0.455. The third kappa shape index (κ3) is 1.91. The third-order valence-electron chi connectivity index (χ3n) is 2.44. The number of aromatic nitrogens is 1. The molecule has 0 aliphatic rings. The molecule has 84 valence electrons. The smallest absolute Gasteiger partial charge is 0.173 e. The Morgan fingerprint density at radius 2 is 2.12 bits per heavy atom. The molecule has 2 aromatic rings. The van der Waals surface area contributed by atoms with Gasteiger partial charge >= 0.3 is 0 Å². The van der Waals surface area contributed by atoms with Gasteiger partial charge in [0.25, 0.3) is 0 Å². The zero-order chi connectivity index (χ0) is 11.5. The second kappa shape index (κ2) is 4.58. The van der Waals surface area contributed by atoms with Gasteiger partial charge in [0.15, 0.2) is 11.6 Å². The van der Waals surface area contributed by atoms with Crippen LogP contribution in [0.1, 0.15) is 18.9 Å². The van der Waals surface area contributed by atoms with Gasteiger partial charge in [0.05, 0.1) is 5.02 Å². The Morgan fingerprint density at radius 3 is 2.81 bits per heavy atom. The van der Waals surface area contributed by atoms with Crippen molar-refractivity contribution in [1.29, 1.82) is 0 Å². The zero-order valence-electron chi connectivity index (χ0n) is 9.03. The predicted octanol–water partition coefficient (Wildman–Crippen LogP) is 3.53. The summed E-state index contributed by atoms with van der Waals surface area (Å²) in [5.74, 6) is 1.14. The van der Waals surface area contributed by atoms with Crippen molar-refractivity contribution >= 4 is 17.4 Å². The van der Waals surface area contributed by atoms with E-state index in [4.69, 9.17) is 21.9 Å². The molecular weight excluding hydrogens is 224 g/mol. The van der Waals surface area contributed by atoms with Crippen molar-refractivity contribution in [3.63, 3.8) is 0 Å². The van der Waals surface area contributed by atoms with Gasteiger partial charge < -0.3 is 10.3 Å². The summed E-state index contributed by atoms with van der Waals surface area (Å²) < 4.78 is 5.26. The Kier molecular flexibility index (Phi) is 3.15. The van der Waals surface area contributed by atoms with Crippen LogP contribution in [-0.4, -0.2) is 5.16 Å². The monoisotopic (exact) mass is 236 g/mol. The predicted molar refractivity (Wildman–Crippen MR) is 65.4 cm³/mol. The minimum Gasteiger partial charge on any atom is -0.381 e. The number of benzene rings is 1. The van der Waals surface area contributed by atoms with Crippen LogP contribution in [0.25, 0.3) is 11.3 Å². The van der Waals surface area contributed by atoms with Crippen LogP contribution in [0.5, 0.6) is 0 Å². The summed E-state index contributed by atoms with van der Waals surface area (Å²) >= 11 is 6.11. The molecule has 3 nitrogen and oxygen atoms in total. The molecule has 0 fully saturated rings. The molecule has 1 aromatic carbocycles. The average molecular weight is 237 g/mol. The van der Waals surface area contributed by atoms with E-state index in [0.29, 0.717) is 16.6 Å². The van der Waals surface area contributed by atoms with Crippen molar-refractivity contribution in [1.82, 2.24) is 5.16 Å². The molecule has 2 N–H and O–H groups in total. The van der Waals surface area contributed by atoms with E-state index in [2.05, 4.69) is 12.1 Å². The van der Waals surface area contributed by atoms with Crippen molar-refractivity contribution in [2.45, 2.75) is 19.8 Å². The summed E-state index contributed by atoms with van der Waals surface area (Å²) in [7, 11) is 0. The van der Waals surface area contributed by atoms with Gasteiger partial charge in [-0.3, -0.25) is 0 Å². The number of hydrogen-bond donors (Lipinski definition) is 1. The maximum Gasteiger partial charge on any atom is 0.173 e. The molecule has 0 aliphatic carbocycles. The first-order valence-corrected chi connectivity index (χ1v) is 5.60. The molecule has 1 heterocycles. The van der Waals surface area contributed by atoms with E-state index in [1.807, 2.05) is 24.3 Å². The van der Waals surface area contributed by atoms with Crippen molar-refractivity contribution in [2.24, 2.45) is 0 Å². The van der Waals surface area contributed by atoms with Gasteiger partial charge in [-0.05, 0) is 18.6 Å². The molecule has 0 unspecified atom stereocenters. The van der Waals surface area contributed by atoms with Crippen LogP contribution in [0.15, 0.2) is 28.8 Å². The lowest BCUT2D eigenvalue weighted by atomic mass is 10.1. The summed E-state index contributed by atoms with van der Waals surface area (Å²) in [5.41, 5.74) is 7.55. The summed E-state index contributed by atoms with van der Waals surface area (Å²) in [5, 5.41) is 4.45. The molecule has 16 heavy (non-hydrogen) atoms. The first-order chi connectivity index (χ1) is 7.74. The summed E-state index contributed by atoms with van der Waals surface area (Å²) in [6, 6.07) is 7.52. The van der Waals surface area contributed by atoms with Crippen LogP contribution in [0.3, 0.4) is 0 Å². The fourth-order valence-corrected chi connectivity index (χ4v) is 1.89. The number of nitrogens with zero attached hydrogens (tertiary/aromatic N) is 1. The SMILES string of the molecule is CCCc1c(N)noc1-c1ccccc1Cl. The molecule has 0 atom stereocenters. The van der Waals surface area contributed by atoms with Gasteiger partial charge in [-0.1, -0.05) is 42.2 Å². The maximum absolute atomic E-state index is 6.11. The summed E-state index contributed by atoms with van der Waals surface area (Å²) in [4.78, 5) is 0. The first-order valence-electron chi connectivity index (χ1n) is 5.23. The van der Waals surface area contributed by atoms with Crippen LogP contribution in [0.4, 0.5) is 5.82 Å². The highest BCUT2D eigenvalue weighted by Gasteiger charge is 2.16. The molecule has 0 saturated heterocycles. The Morgan fingerprint density at radius 1 is 1.38 bits per heavy atom. The van der Waals surface area contributed by atoms with Crippen LogP contribution in [0.2, 0.25) is 5.02 Å². The lowest BCUT2D eigenvalue weighted by Crippen LogP contribution is -1.92. The molecule has 0 aliphatic heterocycles. The van der Waals surface area contributed by atoms with Gasteiger partial charge in [-0.15, -0.1) is 0 Å². The molecule has 0 spiro atoms. The average Bonchev–Trinajstić information content (AvgIpc) is 2.62. The van der Waals surface area contributed by atoms with Crippen molar-refractivity contribution in [3.8, 4) is 11.3 Å². The first kappa shape index (κ1) is 11.0. The van der Waals surface area contributed by atoms with Crippen molar-refractivity contribution in [2.75, 3.05) is 5.73 Å². The second-order valence-corrected chi connectivity index (χ2v) is 4.01. The fraction of sp³-hybridized carbons (Fsp3) is 0.250. The van der Waals surface area contributed by atoms with Gasteiger partial charge in [-0.2, -0.15) is 0 Å². The number of halogens is 1. The largest absolute Gasteiger partial charge is 0.381 e. The van der Waals surface area contributed by atoms with Crippen LogP contribution in [-0.2, 0) is 6.42 Å². The quantitative estimate of drug-likeness (QED) is 0.887. The highest BCUT2D eigenvalue weighted by molar-refractivity contribution is 6.33. The molecule has 0 saturated carbocycles. The molecular formula is C12H13ClN2O. The number of hydrogen-bond acceptors (Lipinski definition) is 3. The molecule has 2 rings (SSSR count). The van der Waals surface area contributed by atoms with E-state index in [1.165, 1.54) is 0 Å². The van der Waals surface area contributed by atoms with Crippen molar-refractivity contribution in [3.05, 3.63) is 34.9 Å². The summed E-state index contributed by atoms with van der Waals surface area (Å²) in [6.07, 6.45) is 1.83. The highest BCUT2D eigenvalue weighted by atomic mass is 35.5. The van der Waals surface area contributed by atoms with E-state index in [1.54, 1.807) is 0 Å². The molecule has 1 aromatic heterocycles. The Labute approximate surface area is 99.2 Å². The van der Waals surface area contributed by atoms with Gasteiger partial charge in [-0.25, -0.2) is 0 Å². The number of nitrogens with two attached hydrogens (primary N) is 1. The van der Waals surface area contributed by atoms with Gasteiger partial charge in [0, 0.05) is 11.1 Å². The maximum atomic E-state index is 6.11. The number of rotatable bonds is 3. The Balaban J connectivity index is 2.52. The third-order valence-corrected chi connectivity index (χ3v) is 2.77. The van der Waals surface area contributed by atoms with Crippen molar-refractivity contribution < 1.29 is 4.52 Å². The fourth-order valence-electron chi connectivity index (χ4n) is 1.67. The minimum absolute atomic E-state index is 0.455. The zero-order valence-corrected chi connectivity index (χ0v) is 9.79. The van der Waals surface area contributed by atoms with Gasteiger partial charge in [0.2, 0.25) is 0 Å². The van der Waals surface area contributed by atoms with E-state index in [0.717, 1.165) is 24.0 Å². The van der Waals surface area contributed by atoms with E-state index in [-0.39, 0.29) is 0 Å². The van der Waals surface area contributed by atoms with Crippen LogP contribution < -0.4 is 5.73 Å². The lowest BCUT2D eigenvalue weighted by molar-refractivity contribution is 0.435. The Bertz CT molecular complexity index is 494. The number of nitrogen functional groups attached to an aromatic ring is 1. The van der Waals surface area contributed by atoms with Crippen LogP contribution >= 0.6 is 11.6 Å². The second-order valence-electron chi connectivity index (χ2n) is 3.61. The summed E-state index contributed by atoms with van der Waals surface area (Å²) in [6.45, 7) is 2.09. The standard InChI is InChI=1S/C12H13ClN2O/c1-2-5-9-11(16-15-12(9)14)8-6-3-4-7-10(8)13/h3-4,6-7H,2,5H2,1H3,(H2,14,15). The van der Waals surface area contributed by atoms with E-state index in [9.17, 15) is 0 Å². The topological polar surface area (TPSA) is 52.0 Å². The van der Waals surface area contributed by atoms with Crippen LogP contribution in [0, 0.1) is 0 Å². The normalized spacial score (nSPS) is 10.6. The molecule has 0 amide bonds. The highest BCUT2D eigenvalue weighted by Crippen LogP contribution is 2.33. The number of anilines is 1.